The largest absolute Gasteiger partial charge is 0.367 e. The smallest absolute Gasteiger partial charge is 0.254 e. The summed E-state index contributed by atoms with van der Waals surface area (Å²) in [5.41, 5.74) is 2.98. The lowest BCUT2D eigenvalue weighted by Gasteiger charge is -2.18. The van der Waals surface area contributed by atoms with Crippen molar-refractivity contribution in [3.05, 3.63) is 53.5 Å². The van der Waals surface area contributed by atoms with Crippen LogP contribution in [0, 0.1) is 6.92 Å². The maximum atomic E-state index is 12.5. The van der Waals surface area contributed by atoms with Crippen molar-refractivity contribution in [2.24, 2.45) is 0 Å². The minimum atomic E-state index is 0.103. The predicted octanol–water partition coefficient (Wildman–Crippen LogP) is 3.06. The molecule has 1 aliphatic rings. The zero-order valence-corrected chi connectivity index (χ0v) is 14.3. The van der Waals surface area contributed by atoms with Gasteiger partial charge in [0.05, 0.1) is 0 Å². The highest BCUT2D eigenvalue weighted by molar-refractivity contribution is 5.95. The summed E-state index contributed by atoms with van der Waals surface area (Å²) in [5.74, 6) is 0.840. The van der Waals surface area contributed by atoms with E-state index < -0.39 is 0 Å². The molecule has 0 saturated carbocycles. The highest BCUT2D eigenvalue weighted by Gasteiger charge is 2.20. The first kappa shape index (κ1) is 16.4. The molecule has 2 aromatic rings. The number of aromatic nitrogens is 2. The van der Waals surface area contributed by atoms with E-state index in [9.17, 15) is 4.79 Å². The van der Waals surface area contributed by atoms with Gasteiger partial charge in [-0.25, -0.2) is 4.98 Å². The molecule has 0 bridgehead atoms. The minimum absolute atomic E-state index is 0.103. The van der Waals surface area contributed by atoms with E-state index in [-0.39, 0.29) is 11.9 Å². The Morgan fingerprint density at radius 3 is 2.79 bits per heavy atom. The topological polar surface area (TPSA) is 58.1 Å². The Balaban J connectivity index is 1.65. The zero-order valence-electron chi connectivity index (χ0n) is 14.3. The van der Waals surface area contributed by atoms with Gasteiger partial charge in [0.25, 0.3) is 5.91 Å². The number of carbonyl (C=O) groups excluding carboxylic acids is 1. The predicted molar refractivity (Wildman–Crippen MR) is 95.1 cm³/mol. The number of anilines is 1. The van der Waals surface area contributed by atoms with E-state index in [1.165, 1.54) is 5.56 Å². The molecule has 24 heavy (non-hydrogen) atoms. The molecule has 0 radical (unpaired) electrons. The van der Waals surface area contributed by atoms with Gasteiger partial charge in [0.15, 0.2) is 0 Å². The van der Waals surface area contributed by atoms with Gasteiger partial charge in [-0.05, 0) is 50.5 Å². The summed E-state index contributed by atoms with van der Waals surface area (Å²) in [4.78, 5) is 23.2. The van der Waals surface area contributed by atoms with E-state index in [1.54, 1.807) is 12.3 Å². The summed E-state index contributed by atoms with van der Waals surface area (Å²) in [5, 5.41) is 3.38. The van der Waals surface area contributed by atoms with Crippen molar-refractivity contribution in [2.75, 3.05) is 18.4 Å². The Labute approximate surface area is 143 Å². The number of likely N-dealkylation sites (tertiary alicyclic amines) is 1. The van der Waals surface area contributed by atoms with Gasteiger partial charge in [0.2, 0.25) is 0 Å². The van der Waals surface area contributed by atoms with Crippen molar-refractivity contribution in [3.8, 4) is 0 Å². The van der Waals surface area contributed by atoms with Crippen LogP contribution in [-0.4, -0.2) is 39.9 Å². The molecule has 0 spiro atoms. The van der Waals surface area contributed by atoms with Crippen LogP contribution in [0.4, 0.5) is 5.82 Å². The first-order valence-corrected chi connectivity index (χ1v) is 8.56. The van der Waals surface area contributed by atoms with Gasteiger partial charge in [-0.3, -0.25) is 9.78 Å². The molecule has 1 fully saturated rings. The van der Waals surface area contributed by atoms with Crippen LogP contribution in [0.2, 0.25) is 0 Å². The van der Waals surface area contributed by atoms with Crippen LogP contribution in [-0.2, 0) is 6.42 Å². The monoisotopic (exact) mass is 324 g/mol. The third kappa shape index (κ3) is 3.91. The second kappa shape index (κ2) is 7.43. The average Bonchev–Trinajstić information content (AvgIpc) is 3.11. The van der Waals surface area contributed by atoms with Gasteiger partial charge in [-0.15, -0.1) is 0 Å². The Kier molecular flexibility index (Phi) is 5.08. The van der Waals surface area contributed by atoms with Gasteiger partial charge >= 0.3 is 0 Å². The zero-order chi connectivity index (χ0) is 16.9. The molecule has 5 nitrogen and oxygen atoms in total. The number of aryl methyl sites for hydroxylation is 1. The van der Waals surface area contributed by atoms with Crippen molar-refractivity contribution < 1.29 is 4.79 Å². The van der Waals surface area contributed by atoms with Crippen LogP contribution in [0.3, 0.4) is 0 Å². The molecule has 3 rings (SSSR count). The molecule has 1 unspecified atom stereocenters. The van der Waals surface area contributed by atoms with Crippen LogP contribution in [0.15, 0.2) is 36.7 Å². The summed E-state index contributed by atoms with van der Waals surface area (Å²) in [6, 6.07) is 7.85. The van der Waals surface area contributed by atoms with Gasteiger partial charge in [0, 0.05) is 49.2 Å². The molecule has 1 amide bonds. The van der Waals surface area contributed by atoms with Crippen molar-refractivity contribution >= 4 is 11.7 Å². The molecule has 0 aliphatic carbocycles. The molecule has 2 aromatic heterocycles. The summed E-state index contributed by atoms with van der Waals surface area (Å²) < 4.78 is 0. The fourth-order valence-electron chi connectivity index (χ4n) is 3.07. The highest BCUT2D eigenvalue weighted by atomic mass is 16.2. The van der Waals surface area contributed by atoms with Crippen molar-refractivity contribution in [2.45, 2.75) is 39.2 Å². The molecular weight excluding hydrogens is 300 g/mol. The highest BCUT2D eigenvalue weighted by Crippen LogP contribution is 2.16. The van der Waals surface area contributed by atoms with Crippen LogP contribution < -0.4 is 5.32 Å². The van der Waals surface area contributed by atoms with Gasteiger partial charge < -0.3 is 10.2 Å². The normalized spacial score (nSPS) is 15.3. The molecular formula is C19H24N4O. The van der Waals surface area contributed by atoms with E-state index in [0.29, 0.717) is 5.56 Å². The van der Waals surface area contributed by atoms with Crippen molar-refractivity contribution in [3.63, 3.8) is 0 Å². The number of nitrogens with one attached hydrogen (secondary N) is 1. The summed E-state index contributed by atoms with van der Waals surface area (Å²) in [7, 11) is 0. The number of rotatable bonds is 5. The molecule has 1 atom stereocenters. The first-order chi connectivity index (χ1) is 11.6. The molecule has 1 saturated heterocycles. The second-order valence-corrected chi connectivity index (χ2v) is 6.45. The second-order valence-electron chi connectivity index (χ2n) is 6.45. The number of nitrogens with zero attached hydrogens (tertiary/aromatic N) is 3. The third-order valence-corrected chi connectivity index (χ3v) is 4.41. The van der Waals surface area contributed by atoms with Gasteiger partial charge in [0.1, 0.15) is 5.82 Å². The van der Waals surface area contributed by atoms with Crippen LogP contribution >= 0.6 is 0 Å². The number of carbonyl (C=O) groups is 1. The SMILES string of the molecule is Cc1cccnc1CC(C)Nc1cc(C(=O)N2CCCC2)ccn1. The van der Waals surface area contributed by atoms with Gasteiger partial charge in [-0.1, -0.05) is 6.07 Å². The standard InChI is InChI=1S/C19H24N4O/c1-14-6-5-8-20-17(14)12-15(2)22-18-13-16(7-9-21-18)19(24)23-10-3-4-11-23/h5-9,13,15H,3-4,10-12H2,1-2H3,(H,21,22). The lowest BCUT2D eigenvalue weighted by molar-refractivity contribution is 0.0792. The number of hydrogen-bond acceptors (Lipinski definition) is 4. The van der Waals surface area contributed by atoms with Crippen LogP contribution in [0.5, 0.6) is 0 Å². The maximum Gasteiger partial charge on any atom is 0.254 e. The molecule has 126 valence electrons. The maximum absolute atomic E-state index is 12.5. The molecule has 1 N–H and O–H groups in total. The Bertz CT molecular complexity index is 710. The summed E-state index contributed by atoms with van der Waals surface area (Å²) in [6.45, 7) is 5.89. The average molecular weight is 324 g/mol. The Morgan fingerprint density at radius 1 is 1.25 bits per heavy atom. The van der Waals surface area contributed by atoms with Crippen LogP contribution in [0.1, 0.15) is 41.4 Å². The minimum Gasteiger partial charge on any atom is -0.367 e. The number of hydrogen-bond donors (Lipinski definition) is 1. The lowest BCUT2D eigenvalue weighted by atomic mass is 10.1. The van der Waals surface area contributed by atoms with Crippen LogP contribution in [0.25, 0.3) is 0 Å². The molecule has 1 aliphatic heterocycles. The fraction of sp³-hybridized carbons (Fsp3) is 0.421. The summed E-state index contributed by atoms with van der Waals surface area (Å²) >= 11 is 0. The fourth-order valence-corrected chi connectivity index (χ4v) is 3.07. The third-order valence-electron chi connectivity index (χ3n) is 4.41. The Morgan fingerprint density at radius 2 is 2.04 bits per heavy atom. The first-order valence-electron chi connectivity index (χ1n) is 8.56. The number of amides is 1. The molecule has 0 aromatic carbocycles. The quantitative estimate of drug-likeness (QED) is 0.918. The van der Waals surface area contributed by atoms with E-state index in [4.69, 9.17) is 0 Å². The van der Waals surface area contributed by atoms with E-state index in [0.717, 1.165) is 43.9 Å². The number of pyridine rings is 2. The lowest BCUT2D eigenvalue weighted by Crippen LogP contribution is -2.28. The molecule has 5 heteroatoms. The van der Waals surface area contributed by atoms with E-state index in [1.807, 2.05) is 23.2 Å². The van der Waals surface area contributed by atoms with E-state index in [2.05, 4.69) is 35.2 Å². The van der Waals surface area contributed by atoms with E-state index >= 15 is 0 Å². The Hall–Kier alpha value is -2.43. The van der Waals surface area contributed by atoms with Crippen molar-refractivity contribution in [1.82, 2.24) is 14.9 Å². The summed E-state index contributed by atoms with van der Waals surface area (Å²) in [6.07, 6.45) is 6.54. The van der Waals surface area contributed by atoms with Gasteiger partial charge in [-0.2, -0.15) is 0 Å². The van der Waals surface area contributed by atoms with Crippen molar-refractivity contribution in [1.29, 1.82) is 0 Å². The molecule has 3 heterocycles.